The van der Waals surface area contributed by atoms with E-state index in [4.69, 9.17) is 0 Å². The summed E-state index contributed by atoms with van der Waals surface area (Å²) in [6.45, 7) is 0.684. The molecule has 5 nitrogen and oxygen atoms in total. The summed E-state index contributed by atoms with van der Waals surface area (Å²) in [5.74, 6) is 0.455. The summed E-state index contributed by atoms with van der Waals surface area (Å²) in [7, 11) is 1.74. The Labute approximate surface area is 137 Å². The molecule has 0 spiro atoms. The van der Waals surface area contributed by atoms with Crippen LogP contribution in [0.2, 0.25) is 0 Å². The smallest absolute Gasteiger partial charge is 0.353 e. The first-order valence-corrected chi connectivity index (χ1v) is 7.66. The van der Waals surface area contributed by atoms with Crippen molar-refractivity contribution in [3.63, 3.8) is 0 Å². The van der Waals surface area contributed by atoms with Crippen LogP contribution in [0.5, 0.6) is 0 Å². The zero-order valence-electron chi connectivity index (χ0n) is 13.1. The average Bonchev–Trinajstić information content (AvgIpc) is 3.15. The topological polar surface area (TPSA) is 51.0 Å². The van der Waals surface area contributed by atoms with Gasteiger partial charge in [0, 0.05) is 38.4 Å². The molecule has 2 aromatic heterocycles. The Hall–Kier alpha value is -2.38. The predicted molar refractivity (Wildman–Crippen MR) is 81.8 cm³/mol. The highest BCUT2D eigenvalue weighted by molar-refractivity contribution is 5.96. The van der Waals surface area contributed by atoms with Crippen LogP contribution >= 0.6 is 0 Å². The van der Waals surface area contributed by atoms with E-state index in [1.807, 2.05) is 4.90 Å². The fourth-order valence-electron chi connectivity index (χ4n) is 2.97. The molecule has 0 saturated carbocycles. The molecular formula is C16H17F3N4O. The van der Waals surface area contributed by atoms with E-state index in [9.17, 15) is 18.0 Å². The minimum Gasteiger partial charge on any atom is -0.353 e. The van der Waals surface area contributed by atoms with Crippen LogP contribution in [0.4, 0.5) is 19.0 Å². The number of ketones is 1. The van der Waals surface area contributed by atoms with Gasteiger partial charge in [0.25, 0.3) is 0 Å². The van der Waals surface area contributed by atoms with Crippen LogP contribution in [-0.2, 0) is 13.2 Å². The lowest BCUT2D eigenvalue weighted by molar-refractivity contribution is -0.137. The summed E-state index contributed by atoms with van der Waals surface area (Å²) in [6.07, 6.45) is 1.63. The number of carbonyl (C=O) groups is 1. The number of rotatable bonds is 4. The summed E-state index contributed by atoms with van der Waals surface area (Å²) in [6, 6.07) is 2.35. The molecule has 1 saturated heterocycles. The normalized spacial score (nSPS) is 18.2. The number of aryl methyl sites for hydroxylation is 1. The van der Waals surface area contributed by atoms with E-state index in [1.54, 1.807) is 17.9 Å². The van der Waals surface area contributed by atoms with Crippen LogP contribution in [0.15, 0.2) is 30.7 Å². The van der Waals surface area contributed by atoms with Crippen LogP contribution in [-0.4, -0.2) is 33.1 Å². The van der Waals surface area contributed by atoms with E-state index >= 15 is 0 Å². The maximum absolute atomic E-state index is 12.6. The lowest BCUT2D eigenvalue weighted by atomic mass is 10.0. The summed E-state index contributed by atoms with van der Waals surface area (Å²) < 4.78 is 39.5. The van der Waals surface area contributed by atoms with E-state index in [0.717, 1.165) is 25.1 Å². The Morgan fingerprint density at radius 3 is 2.71 bits per heavy atom. The fraction of sp³-hybridized carbons (Fsp3) is 0.438. The molecule has 24 heavy (non-hydrogen) atoms. The number of nitrogens with zero attached hydrogens (tertiary/aromatic N) is 4. The molecule has 3 heterocycles. The minimum absolute atomic E-state index is 0.0214. The van der Waals surface area contributed by atoms with E-state index in [1.165, 1.54) is 12.3 Å². The molecule has 0 N–H and O–H groups in total. The molecule has 1 atom stereocenters. The number of pyridine rings is 1. The number of anilines is 1. The third-order valence-electron chi connectivity index (χ3n) is 4.19. The van der Waals surface area contributed by atoms with Gasteiger partial charge in [-0.2, -0.15) is 18.3 Å². The Morgan fingerprint density at radius 1 is 1.33 bits per heavy atom. The second kappa shape index (κ2) is 6.26. The maximum Gasteiger partial charge on any atom is 0.417 e. The van der Waals surface area contributed by atoms with Crippen molar-refractivity contribution in [2.24, 2.45) is 7.05 Å². The Balaban J connectivity index is 1.72. The van der Waals surface area contributed by atoms with Gasteiger partial charge in [0.1, 0.15) is 5.82 Å². The second-order valence-corrected chi connectivity index (χ2v) is 5.92. The molecular weight excluding hydrogens is 321 g/mol. The van der Waals surface area contributed by atoms with Crippen LogP contribution in [0.25, 0.3) is 0 Å². The number of hydrogen-bond acceptors (Lipinski definition) is 4. The highest BCUT2D eigenvalue weighted by atomic mass is 19.4. The summed E-state index contributed by atoms with van der Waals surface area (Å²) in [5, 5.41) is 3.99. The van der Waals surface area contributed by atoms with Crippen molar-refractivity contribution < 1.29 is 18.0 Å². The highest BCUT2D eigenvalue weighted by Crippen LogP contribution is 2.31. The number of hydrogen-bond donors (Lipinski definition) is 0. The van der Waals surface area contributed by atoms with Crippen molar-refractivity contribution in [3.8, 4) is 0 Å². The monoisotopic (exact) mass is 338 g/mol. The lowest BCUT2D eigenvalue weighted by Crippen LogP contribution is -2.32. The lowest BCUT2D eigenvalue weighted by Gasteiger charge is -2.25. The fourth-order valence-corrected chi connectivity index (χ4v) is 2.97. The molecule has 0 bridgehead atoms. The van der Waals surface area contributed by atoms with Gasteiger partial charge in [-0.15, -0.1) is 0 Å². The maximum atomic E-state index is 12.6. The molecule has 1 fully saturated rings. The van der Waals surface area contributed by atoms with Gasteiger partial charge >= 0.3 is 6.18 Å². The van der Waals surface area contributed by atoms with Gasteiger partial charge in [0.05, 0.1) is 17.3 Å². The Kier molecular flexibility index (Phi) is 4.29. The third kappa shape index (κ3) is 3.42. The number of aromatic nitrogens is 3. The molecule has 3 rings (SSSR count). The number of halogens is 3. The second-order valence-electron chi connectivity index (χ2n) is 5.92. The Morgan fingerprint density at radius 2 is 2.12 bits per heavy atom. The van der Waals surface area contributed by atoms with Crippen molar-refractivity contribution in [2.75, 3.05) is 11.4 Å². The SMILES string of the molecule is Cn1cc(C(=O)CC2CCCN2c2ccc(C(F)(F)F)cn2)cn1. The van der Waals surface area contributed by atoms with Gasteiger partial charge in [-0.3, -0.25) is 9.48 Å². The molecule has 0 aliphatic carbocycles. The van der Waals surface area contributed by atoms with Crippen molar-refractivity contribution in [3.05, 3.63) is 41.9 Å². The van der Waals surface area contributed by atoms with Crippen molar-refractivity contribution in [1.29, 1.82) is 0 Å². The van der Waals surface area contributed by atoms with E-state index in [-0.39, 0.29) is 11.8 Å². The zero-order chi connectivity index (χ0) is 17.3. The first-order chi connectivity index (χ1) is 11.3. The van der Waals surface area contributed by atoms with Gasteiger partial charge in [-0.05, 0) is 25.0 Å². The molecule has 1 unspecified atom stereocenters. The van der Waals surface area contributed by atoms with E-state index in [2.05, 4.69) is 10.1 Å². The van der Waals surface area contributed by atoms with Gasteiger partial charge in [-0.1, -0.05) is 0 Å². The molecule has 0 radical (unpaired) electrons. The van der Waals surface area contributed by atoms with Gasteiger partial charge in [0.2, 0.25) is 0 Å². The first kappa shape index (κ1) is 16.5. The molecule has 0 aromatic carbocycles. The third-order valence-corrected chi connectivity index (χ3v) is 4.19. The Bertz CT molecular complexity index is 724. The van der Waals surface area contributed by atoms with Crippen LogP contribution in [0, 0.1) is 0 Å². The summed E-state index contributed by atoms with van der Waals surface area (Å²) >= 11 is 0. The van der Waals surface area contributed by atoms with Crippen LogP contribution in [0.3, 0.4) is 0 Å². The van der Waals surface area contributed by atoms with Crippen LogP contribution < -0.4 is 4.90 Å². The molecule has 0 amide bonds. The van der Waals surface area contributed by atoms with Crippen molar-refractivity contribution in [1.82, 2.24) is 14.8 Å². The highest BCUT2D eigenvalue weighted by Gasteiger charge is 2.32. The molecule has 128 valence electrons. The number of Topliss-reactive ketones (excluding diaryl/α,β-unsaturated/α-hetero) is 1. The van der Waals surface area contributed by atoms with Crippen molar-refractivity contribution in [2.45, 2.75) is 31.5 Å². The van der Waals surface area contributed by atoms with Crippen LogP contribution in [0.1, 0.15) is 35.2 Å². The standard InChI is InChI=1S/C16H17F3N4O/c1-22-10-11(8-21-22)14(24)7-13-3-2-6-23(13)15-5-4-12(9-20-15)16(17,18)19/h4-5,8-10,13H,2-3,6-7H2,1H3. The summed E-state index contributed by atoms with van der Waals surface area (Å²) in [5.41, 5.74) is -0.224. The first-order valence-electron chi connectivity index (χ1n) is 7.66. The van der Waals surface area contributed by atoms with E-state index in [0.29, 0.717) is 24.3 Å². The number of alkyl halides is 3. The molecule has 2 aromatic rings. The van der Waals surface area contributed by atoms with Gasteiger partial charge in [0.15, 0.2) is 5.78 Å². The van der Waals surface area contributed by atoms with Gasteiger partial charge in [-0.25, -0.2) is 4.98 Å². The molecule has 1 aliphatic heterocycles. The molecule has 8 heteroatoms. The van der Waals surface area contributed by atoms with Crippen molar-refractivity contribution >= 4 is 11.6 Å². The van der Waals surface area contributed by atoms with E-state index < -0.39 is 11.7 Å². The number of carbonyl (C=O) groups excluding carboxylic acids is 1. The largest absolute Gasteiger partial charge is 0.417 e. The molecule has 1 aliphatic rings. The summed E-state index contributed by atoms with van der Waals surface area (Å²) in [4.78, 5) is 18.2. The minimum atomic E-state index is -4.40. The van der Waals surface area contributed by atoms with Gasteiger partial charge < -0.3 is 4.90 Å². The average molecular weight is 338 g/mol. The quantitative estimate of drug-likeness (QED) is 0.804. The predicted octanol–water partition coefficient (Wildman–Crippen LogP) is 3.08. The zero-order valence-corrected chi connectivity index (χ0v) is 13.1.